The Kier molecular flexibility index (Phi) is 6.09. The second-order valence-electron chi connectivity index (χ2n) is 5.35. The van der Waals surface area contributed by atoms with Gasteiger partial charge >= 0.3 is 0 Å². The number of amides is 1. The highest BCUT2D eigenvalue weighted by Crippen LogP contribution is 2.11. The first kappa shape index (κ1) is 17.2. The summed E-state index contributed by atoms with van der Waals surface area (Å²) in [5, 5.41) is 11.4. The van der Waals surface area contributed by atoms with Crippen molar-refractivity contribution in [3.05, 3.63) is 65.7 Å². The average Bonchev–Trinajstić information content (AvgIpc) is 2.60. The van der Waals surface area contributed by atoms with Gasteiger partial charge in [-0.05, 0) is 43.2 Å². The summed E-state index contributed by atoms with van der Waals surface area (Å²) < 4.78 is 5.37. The highest BCUT2D eigenvalue weighted by atomic mass is 16.5. The van der Waals surface area contributed by atoms with E-state index < -0.39 is 6.04 Å². The van der Waals surface area contributed by atoms with Crippen molar-refractivity contribution in [3.63, 3.8) is 0 Å². The van der Waals surface area contributed by atoms with Gasteiger partial charge in [0.15, 0.2) is 12.4 Å². The maximum absolute atomic E-state index is 12.0. The van der Waals surface area contributed by atoms with Crippen LogP contribution in [0.2, 0.25) is 0 Å². The number of nitriles is 1. The number of hydrogen-bond acceptors (Lipinski definition) is 4. The van der Waals surface area contributed by atoms with Gasteiger partial charge in [0.2, 0.25) is 0 Å². The van der Waals surface area contributed by atoms with Crippen LogP contribution in [0.25, 0.3) is 0 Å². The first-order valence-electron chi connectivity index (χ1n) is 7.55. The minimum Gasteiger partial charge on any atom is -0.484 e. The molecule has 24 heavy (non-hydrogen) atoms. The standard InChI is InChI=1S/C19H18N2O3/c1-14(22)18(11-15-5-3-2-4-6-15)21-19(23)13-24-17-9-7-16(12-20)8-10-17/h2-10,18H,11,13H2,1H3,(H,21,23)/t18-/m1/s1. The molecule has 0 fully saturated rings. The van der Waals surface area contributed by atoms with Gasteiger partial charge in [-0.2, -0.15) is 5.26 Å². The smallest absolute Gasteiger partial charge is 0.258 e. The van der Waals surface area contributed by atoms with E-state index in [2.05, 4.69) is 5.32 Å². The zero-order valence-corrected chi connectivity index (χ0v) is 13.4. The van der Waals surface area contributed by atoms with Crippen LogP contribution in [0.1, 0.15) is 18.1 Å². The summed E-state index contributed by atoms with van der Waals surface area (Å²) in [6, 6.07) is 17.4. The van der Waals surface area contributed by atoms with Gasteiger partial charge in [-0.3, -0.25) is 9.59 Å². The van der Waals surface area contributed by atoms with E-state index in [1.54, 1.807) is 24.3 Å². The maximum Gasteiger partial charge on any atom is 0.258 e. The van der Waals surface area contributed by atoms with E-state index in [1.165, 1.54) is 6.92 Å². The summed E-state index contributed by atoms with van der Waals surface area (Å²) >= 11 is 0. The molecule has 0 unspecified atom stereocenters. The SMILES string of the molecule is CC(=O)[C@@H](Cc1ccccc1)NC(=O)COc1ccc(C#N)cc1. The molecule has 1 amide bonds. The molecule has 5 nitrogen and oxygen atoms in total. The number of benzene rings is 2. The molecular formula is C19H18N2O3. The highest BCUT2D eigenvalue weighted by molar-refractivity contribution is 5.88. The molecule has 0 saturated carbocycles. The van der Waals surface area contributed by atoms with Crippen LogP contribution in [0.3, 0.4) is 0 Å². The molecule has 2 aromatic carbocycles. The second-order valence-corrected chi connectivity index (χ2v) is 5.35. The maximum atomic E-state index is 12.0. The lowest BCUT2D eigenvalue weighted by molar-refractivity contribution is -0.128. The molecule has 0 saturated heterocycles. The fraction of sp³-hybridized carbons (Fsp3) is 0.211. The molecular weight excluding hydrogens is 304 g/mol. The third-order valence-corrected chi connectivity index (χ3v) is 3.46. The van der Waals surface area contributed by atoms with Crippen molar-refractivity contribution >= 4 is 11.7 Å². The molecule has 2 aromatic rings. The molecule has 0 aliphatic rings. The number of hydrogen-bond donors (Lipinski definition) is 1. The molecule has 1 N–H and O–H groups in total. The van der Waals surface area contributed by atoms with Crippen molar-refractivity contribution in [2.45, 2.75) is 19.4 Å². The van der Waals surface area contributed by atoms with E-state index in [4.69, 9.17) is 10.00 Å². The number of ether oxygens (including phenoxy) is 1. The summed E-state index contributed by atoms with van der Waals surface area (Å²) in [4.78, 5) is 23.7. The lowest BCUT2D eigenvalue weighted by Crippen LogP contribution is -2.43. The first-order chi connectivity index (χ1) is 11.6. The van der Waals surface area contributed by atoms with Crippen LogP contribution < -0.4 is 10.1 Å². The molecule has 122 valence electrons. The zero-order chi connectivity index (χ0) is 17.4. The molecule has 2 rings (SSSR count). The Bertz CT molecular complexity index is 733. The van der Waals surface area contributed by atoms with E-state index in [0.29, 0.717) is 17.7 Å². The highest BCUT2D eigenvalue weighted by Gasteiger charge is 2.17. The van der Waals surface area contributed by atoms with Gasteiger partial charge in [0.1, 0.15) is 5.75 Å². The van der Waals surface area contributed by atoms with Gasteiger partial charge in [-0.25, -0.2) is 0 Å². The van der Waals surface area contributed by atoms with Crippen LogP contribution in [-0.2, 0) is 16.0 Å². The van der Waals surface area contributed by atoms with Crippen molar-refractivity contribution in [1.29, 1.82) is 5.26 Å². The normalized spacial score (nSPS) is 11.2. The fourth-order valence-corrected chi connectivity index (χ4v) is 2.16. The molecule has 0 heterocycles. The molecule has 0 bridgehead atoms. The van der Waals surface area contributed by atoms with E-state index in [1.807, 2.05) is 36.4 Å². The predicted molar refractivity (Wildman–Crippen MR) is 89.4 cm³/mol. The molecule has 0 aliphatic heterocycles. The van der Waals surface area contributed by atoms with Crippen LogP contribution in [0, 0.1) is 11.3 Å². The van der Waals surface area contributed by atoms with Crippen molar-refractivity contribution in [1.82, 2.24) is 5.32 Å². The summed E-state index contributed by atoms with van der Waals surface area (Å²) in [6.45, 7) is 1.26. The molecule has 5 heteroatoms. The topological polar surface area (TPSA) is 79.2 Å². The van der Waals surface area contributed by atoms with Crippen LogP contribution in [-0.4, -0.2) is 24.3 Å². The lowest BCUT2D eigenvalue weighted by atomic mass is 10.0. The van der Waals surface area contributed by atoms with E-state index in [-0.39, 0.29) is 18.3 Å². The molecule has 0 radical (unpaired) electrons. The van der Waals surface area contributed by atoms with Crippen LogP contribution in [0.15, 0.2) is 54.6 Å². The Labute approximate surface area is 140 Å². The van der Waals surface area contributed by atoms with Gasteiger partial charge in [0, 0.05) is 0 Å². The molecule has 1 atom stereocenters. The molecule has 0 aromatic heterocycles. The quantitative estimate of drug-likeness (QED) is 0.848. The Morgan fingerprint density at radius 1 is 1.12 bits per heavy atom. The lowest BCUT2D eigenvalue weighted by Gasteiger charge is -2.16. The Balaban J connectivity index is 1.88. The van der Waals surface area contributed by atoms with Crippen molar-refractivity contribution in [3.8, 4) is 11.8 Å². The van der Waals surface area contributed by atoms with Gasteiger partial charge in [-0.1, -0.05) is 30.3 Å². The number of carbonyl (C=O) groups is 2. The Morgan fingerprint density at radius 2 is 1.79 bits per heavy atom. The summed E-state index contributed by atoms with van der Waals surface area (Å²) in [6.07, 6.45) is 0.443. The third-order valence-electron chi connectivity index (χ3n) is 3.46. The summed E-state index contributed by atoms with van der Waals surface area (Å²) in [5.74, 6) is 0.0210. The van der Waals surface area contributed by atoms with Gasteiger partial charge in [0.25, 0.3) is 5.91 Å². The monoisotopic (exact) mass is 322 g/mol. The van der Waals surface area contributed by atoms with Crippen molar-refractivity contribution in [2.24, 2.45) is 0 Å². The predicted octanol–water partition coefficient (Wildman–Crippen LogP) is 2.25. The fourth-order valence-electron chi connectivity index (χ4n) is 2.16. The van der Waals surface area contributed by atoms with Gasteiger partial charge in [0.05, 0.1) is 17.7 Å². The third kappa shape index (κ3) is 5.25. The van der Waals surface area contributed by atoms with Crippen molar-refractivity contribution < 1.29 is 14.3 Å². The average molecular weight is 322 g/mol. The van der Waals surface area contributed by atoms with Gasteiger partial charge in [-0.15, -0.1) is 0 Å². The van der Waals surface area contributed by atoms with Crippen LogP contribution in [0.4, 0.5) is 0 Å². The number of nitrogens with one attached hydrogen (secondary N) is 1. The Hall–Kier alpha value is -3.13. The number of carbonyl (C=O) groups excluding carboxylic acids is 2. The summed E-state index contributed by atoms with van der Waals surface area (Å²) in [5.41, 5.74) is 1.50. The molecule has 0 spiro atoms. The van der Waals surface area contributed by atoms with E-state index >= 15 is 0 Å². The van der Waals surface area contributed by atoms with E-state index in [9.17, 15) is 9.59 Å². The zero-order valence-electron chi connectivity index (χ0n) is 13.4. The largest absolute Gasteiger partial charge is 0.484 e. The molecule has 0 aliphatic carbocycles. The second kappa shape index (κ2) is 8.49. The van der Waals surface area contributed by atoms with Crippen LogP contribution in [0.5, 0.6) is 5.75 Å². The number of Topliss-reactive ketones (excluding diaryl/α,β-unsaturated/α-hetero) is 1. The van der Waals surface area contributed by atoms with Crippen molar-refractivity contribution in [2.75, 3.05) is 6.61 Å². The van der Waals surface area contributed by atoms with Gasteiger partial charge < -0.3 is 10.1 Å². The first-order valence-corrected chi connectivity index (χ1v) is 7.55. The van der Waals surface area contributed by atoms with Crippen LogP contribution >= 0.6 is 0 Å². The number of rotatable bonds is 7. The Morgan fingerprint density at radius 3 is 2.38 bits per heavy atom. The minimum atomic E-state index is -0.579. The summed E-state index contributed by atoms with van der Waals surface area (Å²) in [7, 11) is 0. The number of ketones is 1. The minimum absolute atomic E-state index is 0.106. The van der Waals surface area contributed by atoms with E-state index in [0.717, 1.165) is 5.56 Å². The number of nitrogens with zero attached hydrogens (tertiary/aromatic N) is 1.